The number of anilines is 1. The average molecular weight is 298 g/mol. The number of benzene rings is 1. The van der Waals surface area contributed by atoms with E-state index < -0.39 is 0 Å². The normalized spacial score (nSPS) is 25.6. The van der Waals surface area contributed by atoms with Crippen LogP contribution in [0.15, 0.2) is 29.3 Å². The summed E-state index contributed by atoms with van der Waals surface area (Å²) in [5.74, 6) is 1.81. The van der Waals surface area contributed by atoms with Crippen molar-refractivity contribution in [2.24, 2.45) is 10.9 Å². The number of aliphatic imine (C=N–C) groups is 1. The van der Waals surface area contributed by atoms with Crippen LogP contribution in [0.2, 0.25) is 0 Å². The summed E-state index contributed by atoms with van der Waals surface area (Å²) in [6.07, 6.45) is 5.30. The van der Waals surface area contributed by atoms with Gasteiger partial charge in [-0.05, 0) is 49.8 Å². The first-order chi connectivity index (χ1) is 10.8. The Balaban J connectivity index is 1.35. The lowest BCUT2D eigenvalue weighted by atomic mass is 10.1. The van der Waals surface area contributed by atoms with Gasteiger partial charge >= 0.3 is 0 Å². The van der Waals surface area contributed by atoms with Crippen LogP contribution in [0.3, 0.4) is 0 Å². The molecule has 0 radical (unpaired) electrons. The van der Waals surface area contributed by atoms with E-state index in [0.29, 0.717) is 0 Å². The molecule has 3 aliphatic rings. The zero-order valence-corrected chi connectivity index (χ0v) is 13.5. The van der Waals surface area contributed by atoms with E-state index in [1.807, 2.05) is 7.05 Å². The molecule has 2 aliphatic heterocycles. The minimum atomic E-state index is 0.773. The molecule has 118 valence electrons. The van der Waals surface area contributed by atoms with Crippen molar-refractivity contribution in [3.63, 3.8) is 0 Å². The number of likely N-dealkylation sites (tertiary alicyclic amines) is 1. The molecule has 4 nitrogen and oxygen atoms in total. The fourth-order valence-electron chi connectivity index (χ4n) is 3.89. The van der Waals surface area contributed by atoms with Gasteiger partial charge in [-0.2, -0.15) is 0 Å². The van der Waals surface area contributed by atoms with Crippen LogP contribution in [0.5, 0.6) is 0 Å². The van der Waals surface area contributed by atoms with Gasteiger partial charge in [0, 0.05) is 38.4 Å². The van der Waals surface area contributed by atoms with Crippen molar-refractivity contribution in [2.45, 2.75) is 31.7 Å². The number of rotatable bonds is 3. The van der Waals surface area contributed by atoms with E-state index in [4.69, 9.17) is 0 Å². The Morgan fingerprint density at radius 3 is 2.91 bits per heavy atom. The summed E-state index contributed by atoms with van der Waals surface area (Å²) in [6.45, 7) is 4.65. The predicted octanol–water partition coefficient (Wildman–Crippen LogP) is 2.11. The largest absolute Gasteiger partial charge is 0.356 e. The van der Waals surface area contributed by atoms with E-state index in [1.165, 1.54) is 43.6 Å². The van der Waals surface area contributed by atoms with Crippen LogP contribution in [0.1, 0.15) is 24.8 Å². The minimum Gasteiger partial charge on any atom is -0.356 e. The third-order valence-electron chi connectivity index (χ3n) is 5.28. The molecule has 4 rings (SSSR count). The first kappa shape index (κ1) is 14.1. The van der Waals surface area contributed by atoms with Gasteiger partial charge in [0.05, 0.1) is 0 Å². The number of nitrogens with zero attached hydrogens (tertiary/aromatic N) is 3. The molecule has 1 saturated carbocycles. The standard InChI is InChI=1S/C18H26N4/c1-19-18(22-11-9-15-4-2-3-5-17(15)22)20-12-14-8-10-21(13-14)16-6-7-16/h2-5,14,16H,6-13H2,1H3,(H,19,20). The third-order valence-corrected chi connectivity index (χ3v) is 5.28. The van der Waals surface area contributed by atoms with Crippen molar-refractivity contribution in [2.75, 3.05) is 38.1 Å². The summed E-state index contributed by atoms with van der Waals surface area (Å²) in [5.41, 5.74) is 2.76. The van der Waals surface area contributed by atoms with Crippen molar-refractivity contribution in [1.82, 2.24) is 10.2 Å². The lowest BCUT2D eigenvalue weighted by Gasteiger charge is -2.24. The van der Waals surface area contributed by atoms with Gasteiger partial charge < -0.3 is 15.1 Å². The number of hydrogen-bond acceptors (Lipinski definition) is 2. The SMILES string of the molecule is CN=C(NCC1CCN(C2CC2)C1)N1CCc2ccccc21. The summed E-state index contributed by atoms with van der Waals surface area (Å²) in [4.78, 5) is 9.53. The van der Waals surface area contributed by atoms with Gasteiger partial charge in [0.1, 0.15) is 0 Å². The second-order valence-corrected chi connectivity index (χ2v) is 6.84. The Morgan fingerprint density at radius 2 is 2.09 bits per heavy atom. The molecule has 0 aromatic heterocycles. The molecule has 2 heterocycles. The molecule has 1 N–H and O–H groups in total. The first-order valence-electron chi connectivity index (χ1n) is 8.65. The number of nitrogens with one attached hydrogen (secondary N) is 1. The molecular formula is C18H26N4. The van der Waals surface area contributed by atoms with Gasteiger partial charge in [-0.25, -0.2) is 0 Å². The van der Waals surface area contributed by atoms with E-state index in [-0.39, 0.29) is 0 Å². The number of para-hydroxylation sites is 1. The minimum absolute atomic E-state index is 0.773. The second-order valence-electron chi connectivity index (χ2n) is 6.84. The monoisotopic (exact) mass is 298 g/mol. The lowest BCUT2D eigenvalue weighted by Crippen LogP contribution is -2.42. The van der Waals surface area contributed by atoms with E-state index in [2.05, 4.69) is 44.4 Å². The van der Waals surface area contributed by atoms with Crippen LogP contribution in [0, 0.1) is 5.92 Å². The summed E-state index contributed by atoms with van der Waals surface area (Å²) >= 11 is 0. The quantitative estimate of drug-likeness (QED) is 0.685. The van der Waals surface area contributed by atoms with Gasteiger partial charge in [-0.15, -0.1) is 0 Å². The Morgan fingerprint density at radius 1 is 1.23 bits per heavy atom. The second kappa shape index (κ2) is 5.92. The molecule has 0 spiro atoms. The Bertz CT molecular complexity index is 564. The summed E-state index contributed by atoms with van der Waals surface area (Å²) < 4.78 is 0. The van der Waals surface area contributed by atoms with Gasteiger partial charge in [0.25, 0.3) is 0 Å². The van der Waals surface area contributed by atoms with Crippen LogP contribution in [0.25, 0.3) is 0 Å². The van der Waals surface area contributed by atoms with E-state index in [1.54, 1.807) is 0 Å². The molecule has 1 aromatic rings. The lowest BCUT2D eigenvalue weighted by molar-refractivity contribution is 0.314. The molecular weight excluding hydrogens is 272 g/mol. The fourth-order valence-corrected chi connectivity index (χ4v) is 3.89. The van der Waals surface area contributed by atoms with Crippen LogP contribution >= 0.6 is 0 Å². The fraction of sp³-hybridized carbons (Fsp3) is 0.611. The zero-order valence-electron chi connectivity index (χ0n) is 13.5. The molecule has 0 amide bonds. The smallest absolute Gasteiger partial charge is 0.198 e. The molecule has 2 fully saturated rings. The maximum absolute atomic E-state index is 4.51. The number of hydrogen-bond donors (Lipinski definition) is 1. The van der Waals surface area contributed by atoms with E-state index in [0.717, 1.165) is 37.4 Å². The predicted molar refractivity (Wildman–Crippen MR) is 91.6 cm³/mol. The summed E-state index contributed by atoms with van der Waals surface area (Å²) in [5, 5.41) is 3.62. The number of guanidine groups is 1. The van der Waals surface area contributed by atoms with Crippen LogP contribution in [0.4, 0.5) is 5.69 Å². The topological polar surface area (TPSA) is 30.9 Å². The Labute approximate surface area is 133 Å². The highest BCUT2D eigenvalue weighted by Crippen LogP contribution is 2.31. The molecule has 1 saturated heterocycles. The molecule has 1 aromatic carbocycles. The molecule has 4 heteroatoms. The van der Waals surface area contributed by atoms with E-state index >= 15 is 0 Å². The van der Waals surface area contributed by atoms with Crippen molar-refractivity contribution < 1.29 is 0 Å². The summed E-state index contributed by atoms with van der Waals surface area (Å²) in [6, 6.07) is 9.60. The van der Waals surface area contributed by atoms with Crippen LogP contribution in [-0.2, 0) is 6.42 Å². The Hall–Kier alpha value is -1.55. The number of fused-ring (bicyclic) bond motifs is 1. The Kier molecular flexibility index (Phi) is 3.78. The molecule has 1 unspecified atom stereocenters. The maximum Gasteiger partial charge on any atom is 0.198 e. The van der Waals surface area contributed by atoms with Crippen molar-refractivity contribution in [1.29, 1.82) is 0 Å². The van der Waals surface area contributed by atoms with Gasteiger partial charge in [0.2, 0.25) is 0 Å². The van der Waals surface area contributed by atoms with Gasteiger partial charge in [-0.1, -0.05) is 18.2 Å². The highest BCUT2D eigenvalue weighted by Gasteiger charge is 2.34. The highest BCUT2D eigenvalue weighted by atomic mass is 15.3. The van der Waals surface area contributed by atoms with Gasteiger partial charge in [0.15, 0.2) is 5.96 Å². The molecule has 1 aliphatic carbocycles. The maximum atomic E-state index is 4.51. The van der Waals surface area contributed by atoms with Crippen LogP contribution in [-0.4, -0.2) is 50.1 Å². The molecule has 1 atom stereocenters. The first-order valence-corrected chi connectivity index (χ1v) is 8.65. The van der Waals surface area contributed by atoms with Crippen molar-refractivity contribution in [3.05, 3.63) is 29.8 Å². The van der Waals surface area contributed by atoms with E-state index in [9.17, 15) is 0 Å². The van der Waals surface area contributed by atoms with Gasteiger partial charge in [-0.3, -0.25) is 4.99 Å². The highest BCUT2D eigenvalue weighted by molar-refractivity contribution is 5.97. The summed E-state index contributed by atoms with van der Waals surface area (Å²) in [7, 11) is 1.90. The van der Waals surface area contributed by atoms with Crippen LogP contribution < -0.4 is 10.2 Å². The average Bonchev–Trinajstić information content (AvgIpc) is 3.15. The third kappa shape index (κ3) is 2.72. The molecule has 22 heavy (non-hydrogen) atoms. The van der Waals surface area contributed by atoms with Crippen molar-refractivity contribution in [3.8, 4) is 0 Å². The molecule has 0 bridgehead atoms. The zero-order chi connectivity index (χ0) is 14.9. The van der Waals surface area contributed by atoms with Crippen molar-refractivity contribution >= 4 is 11.6 Å².